The molecule has 0 saturated heterocycles. The lowest BCUT2D eigenvalue weighted by atomic mass is 9.79. The number of hydrogen-bond donors (Lipinski definition) is 1. The molecular formula is C18H23NO2S2. The monoisotopic (exact) mass is 349 g/mol. The lowest BCUT2D eigenvalue weighted by Crippen LogP contribution is -2.38. The van der Waals surface area contributed by atoms with E-state index in [1.54, 1.807) is 7.11 Å². The maximum atomic E-state index is 9.41. The van der Waals surface area contributed by atoms with E-state index in [-0.39, 0.29) is 5.41 Å². The van der Waals surface area contributed by atoms with E-state index < -0.39 is 0 Å². The van der Waals surface area contributed by atoms with E-state index in [0.29, 0.717) is 6.04 Å². The summed E-state index contributed by atoms with van der Waals surface area (Å²) in [5, 5.41) is 2.40. The van der Waals surface area contributed by atoms with Gasteiger partial charge in [0, 0.05) is 57.6 Å². The molecule has 23 heavy (non-hydrogen) atoms. The van der Waals surface area contributed by atoms with Gasteiger partial charge in [-0.2, -0.15) is 0 Å². The van der Waals surface area contributed by atoms with Crippen molar-refractivity contribution in [1.29, 1.82) is 0 Å². The van der Waals surface area contributed by atoms with Crippen LogP contribution in [0.5, 0.6) is 0 Å². The van der Waals surface area contributed by atoms with Crippen LogP contribution in [-0.4, -0.2) is 24.2 Å². The van der Waals surface area contributed by atoms with Gasteiger partial charge in [0.15, 0.2) is 0 Å². The van der Waals surface area contributed by atoms with Gasteiger partial charge in [0.1, 0.15) is 0 Å². The summed E-state index contributed by atoms with van der Waals surface area (Å²) in [5.41, 5.74) is 2.78. The van der Waals surface area contributed by atoms with Gasteiger partial charge in [0.25, 0.3) is 0 Å². The molecule has 0 fully saturated rings. The molecule has 1 heterocycles. The highest BCUT2D eigenvalue weighted by atomic mass is 32.2. The van der Waals surface area contributed by atoms with Crippen LogP contribution < -0.4 is 4.90 Å². The Morgan fingerprint density at radius 2 is 2.00 bits per heavy atom. The molecule has 0 bridgehead atoms. The first-order valence-electron chi connectivity index (χ1n) is 7.85. The van der Waals surface area contributed by atoms with E-state index in [0.717, 1.165) is 33.8 Å². The Kier molecular flexibility index (Phi) is 4.58. The molecule has 0 saturated carbocycles. The highest BCUT2D eigenvalue weighted by molar-refractivity contribution is 7.95. The first-order chi connectivity index (χ1) is 11.0. The van der Waals surface area contributed by atoms with Crippen molar-refractivity contribution in [2.45, 2.75) is 48.9 Å². The molecule has 2 aromatic rings. The highest BCUT2D eigenvalue weighted by Gasteiger charge is 2.42. The lowest BCUT2D eigenvalue weighted by molar-refractivity contribution is 0.447. The van der Waals surface area contributed by atoms with Crippen molar-refractivity contribution in [1.82, 2.24) is 0 Å². The van der Waals surface area contributed by atoms with Crippen molar-refractivity contribution in [3.8, 4) is 0 Å². The molecule has 3 rings (SSSR count). The van der Waals surface area contributed by atoms with Crippen LogP contribution in [0, 0.1) is 0 Å². The predicted octanol–water partition coefficient (Wildman–Crippen LogP) is 5.56. The molecule has 0 aromatic heterocycles. The third-order valence-electron chi connectivity index (χ3n) is 5.13. The average Bonchev–Trinajstić information content (AvgIpc) is 2.73. The number of hydrogen-bond acceptors (Lipinski definition) is 5. The van der Waals surface area contributed by atoms with Gasteiger partial charge >= 0.3 is 0 Å². The summed E-state index contributed by atoms with van der Waals surface area (Å²) in [4.78, 5) is 4.43. The fourth-order valence-corrected chi connectivity index (χ4v) is 4.63. The summed E-state index contributed by atoms with van der Waals surface area (Å²) < 4.78 is 14.8. The molecule has 124 valence electrons. The summed E-state index contributed by atoms with van der Waals surface area (Å²) in [6.07, 6.45) is 0. The van der Waals surface area contributed by atoms with Crippen LogP contribution in [0.4, 0.5) is 5.69 Å². The number of anilines is 1. The van der Waals surface area contributed by atoms with Gasteiger partial charge in [-0.15, -0.1) is 0 Å². The molecule has 5 heteroatoms. The van der Waals surface area contributed by atoms with Crippen LogP contribution in [-0.2, 0) is 9.60 Å². The van der Waals surface area contributed by atoms with Gasteiger partial charge < -0.3 is 13.6 Å². The normalized spacial score (nSPS) is 19.4. The first kappa shape index (κ1) is 17.0. The fourth-order valence-electron chi connectivity index (χ4n) is 3.73. The minimum atomic E-state index is 0.0771. The summed E-state index contributed by atoms with van der Waals surface area (Å²) in [5.74, 6) is 0. The minimum Gasteiger partial charge on any atom is -0.368 e. The number of benzene rings is 2. The van der Waals surface area contributed by atoms with Gasteiger partial charge in [-0.25, -0.2) is 0 Å². The Morgan fingerprint density at radius 3 is 2.61 bits per heavy atom. The van der Waals surface area contributed by atoms with Gasteiger partial charge in [-0.05, 0) is 48.4 Å². The Balaban J connectivity index is 2.37. The molecule has 1 aliphatic heterocycles. The summed E-state index contributed by atoms with van der Waals surface area (Å²) in [7, 11) is 1.69. The van der Waals surface area contributed by atoms with E-state index in [4.69, 9.17) is 4.18 Å². The molecule has 2 aromatic carbocycles. The average molecular weight is 350 g/mol. The molecule has 0 radical (unpaired) electrons. The van der Waals surface area contributed by atoms with Gasteiger partial charge in [-0.3, -0.25) is 0 Å². The molecular weight excluding hydrogens is 326 g/mol. The largest absolute Gasteiger partial charge is 0.368 e. The van der Waals surface area contributed by atoms with Crippen LogP contribution >= 0.6 is 24.1 Å². The quantitative estimate of drug-likeness (QED) is 0.730. The van der Waals surface area contributed by atoms with Crippen LogP contribution in [0.25, 0.3) is 10.8 Å². The fraction of sp³-hybridized carbons (Fsp3) is 0.444. The van der Waals surface area contributed by atoms with Crippen LogP contribution in [0.15, 0.2) is 34.1 Å². The maximum Gasteiger partial charge on any atom is 0.0508 e. The van der Waals surface area contributed by atoms with E-state index in [1.165, 1.54) is 28.7 Å². The standard InChI is InChI=1S/C18H23NO2S2/c1-6-19-11(2)18(3,4)17-13-8-7-12(22-20)9-14(13)16(23-21-5)10-15(17)19/h7-11,20H,6H2,1-5H3. The molecule has 1 unspecified atom stereocenters. The van der Waals surface area contributed by atoms with Crippen LogP contribution in [0.2, 0.25) is 0 Å². The molecule has 0 amide bonds. The van der Waals surface area contributed by atoms with Crippen molar-refractivity contribution < 1.29 is 8.74 Å². The molecule has 1 aliphatic rings. The van der Waals surface area contributed by atoms with Crippen molar-refractivity contribution >= 4 is 40.5 Å². The highest BCUT2D eigenvalue weighted by Crippen LogP contribution is 2.50. The second-order valence-corrected chi connectivity index (χ2v) is 8.09. The van der Waals surface area contributed by atoms with Gasteiger partial charge in [-0.1, -0.05) is 19.9 Å². The van der Waals surface area contributed by atoms with Crippen LogP contribution in [0.1, 0.15) is 33.3 Å². The Morgan fingerprint density at radius 1 is 1.26 bits per heavy atom. The summed E-state index contributed by atoms with van der Waals surface area (Å²) in [6.45, 7) is 10.1. The second-order valence-electron chi connectivity index (χ2n) is 6.50. The van der Waals surface area contributed by atoms with Crippen molar-refractivity contribution in [2.24, 2.45) is 0 Å². The van der Waals surface area contributed by atoms with Gasteiger partial charge in [0.05, 0.1) is 7.11 Å². The zero-order valence-electron chi connectivity index (χ0n) is 14.2. The number of fused-ring (bicyclic) bond motifs is 3. The molecule has 1 N–H and O–H groups in total. The lowest BCUT2D eigenvalue weighted by Gasteiger charge is -2.30. The zero-order valence-corrected chi connectivity index (χ0v) is 15.8. The second kappa shape index (κ2) is 6.20. The van der Waals surface area contributed by atoms with E-state index in [9.17, 15) is 4.55 Å². The van der Waals surface area contributed by atoms with E-state index in [1.807, 2.05) is 6.07 Å². The topological polar surface area (TPSA) is 32.7 Å². The van der Waals surface area contributed by atoms with E-state index in [2.05, 4.69) is 50.8 Å². The smallest absolute Gasteiger partial charge is 0.0508 e. The molecule has 0 aliphatic carbocycles. The number of nitrogens with zero attached hydrogens (tertiary/aromatic N) is 1. The molecule has 3 nitrogen and oxygen atoms in total. The number of rotatable bonds is 4. The Hall–Kier alpha value is -0.880. The van der Waals surface area contributed by atoms with Gasteiger partial charge in [0.2, 0.25) is 0 Å². The van der Waals surface area contributed by atoms with Crippen LogP contribution in [0.3, 0.4) is 0 Å². The first-order valence-corrected chi connectivity index (χ1v) is 9.37. The zero-order chi connectivity index (χ0) is 16.8. The molecule has 0 spiro atoms. The summed E-state index contributed by atoms with van der Waals surface area (Å²) in [6, 6.07) is 8.87. The Bertz CT molecular complexity index is 745. The third-order valence-corrected chi connectivity index (χ3v) is 6.28. The Labute approximate surface area is 146 Å². The number of likely N-dealkylation sites (N-methyl/N-ethyl adjacent to an activating group) is 1. The SMILES string of the molecule is CCN1c2cc(SOC)c3cc(SO)ccc3c2C(C)(C)C1C. The third kappa shape index (κ3) is 2.54. The van der Waals surface area contributed by atoms with Crippen molar-refractivity contribution in [3.63, 3.8) is 0 Å². The summed E-state index contributed by atoms with van der Waals surface area (Å²) >= 11 is 2.18. The van der Waals surface area contributed by atoms with Crippen molar-refractivity contribution in [2.75, 3.05) is 18.6 Å². The van der Waals surface area contributed by atoms with Crippen molar-refractivity contribution in [3.05, 3.63) is 29.8 Å². The predicted molar refractivity (Wildman–Crippen MR) is 101 cm³/mol. The molecule has 1 atom stereocenters. The maximum absolute atomic E-state index is 9.41. The minimum absolute atomic E-state index is 0.0771. The van der Waals surface area contributed by atoms with E-state index >= 15 is 0 Å².